The highest BCUT2D eigenvalue weighted by Crippen LogP contribution is 2.36. The van der Waals surface area contributed by atoms with E-state index in [1.807, 2.05) is 23.1 Å². The summed E-state index contributed by atoms with van der Waals surface area (Å²) in [5.74, 6) is 1.81. The van der Waals surface area contributed by atoms with Gasteiger partial charge in [0.25, 0.3) is 0 Å². The average Bonchev–Trinajstić information content (AvgIpc) is 2.98. The van der Waals surface area contributed by atoms with Crippen molar-refractivity contribution in [1.82, 2.24) is 14.8 Å². The minimum Gasteiger partial charge on any atom is -0.364 e. The summed E-state index contributed by atoms with van der Waals surface area (Å²) in [6.07, 6.45) is 8.98. The number of fused-ring (bicyclic) bond motifs is 1. The summed E-state index contributed by atoms with van der Waals surface area (Å²) in [6, 6.07) is 2.22. The first-order valence-electron chi connectivity index (χ1n) is 8.05. The van der Waals surface area contributed by atoms with Gasteiger partial charge in [-0.25, -0.2) is 4.98 Å². The van der Waals surface area contributed by atoms with Crippen LogP contribution in [-0.4, -0.2) is 14.8 Å². The van der Waals surface area contributed by atoms with Gasteiger partial charge in [-0.2, -0.15) is 5.10 Å². The lowest BCUT2D eigenvalue weighted by Gasteiger charge is -2.22. The molecule has 0 atom stereocenters. The van der Waals surface area contributed by atoms with Gasteiger partial charge in [0, 0.05) is 23.9 Å². The van der Waals surface area contributed by atoms with Gasteiger partial charge in [-0.05, 0) is 38.5 Å². The van der Waals surface area contributed by atoms with Crippen LogP contribution in [0.3, 0.4) is 0 Å². The van der Waals surface area contributed by atoms with Crippen molar-refractivity contribution < 1.29 is 0 Å². The maximum atomic E-state index is 4.79. The summed E-state index contributed by atoms with van der Waals surface area (Å²) in [5.41, 5.74) is 2.60. The fourth-order valence-corrected chi connectivity index (χ4v) is 4.30. The Labute approximate surface area is 129 Å². The van der Waals surface area contributed by atoms with Gasteiger partial charge in [0.2, 0.25) is 0 Å². The first-order valence-corrected chi connectivity index (χ1v) is 8.86. The third-order valence-corrected chi connectivity index (χ3v) is 5.89. The summed E-state index contributed by atoms with van der Waals surface area (Å²) < 4.78 is 1.97. The number of aryl methyl sites for hydroxylation is 3. The number of anilines is 1. The van der Waals surface area contributed by atoms with Crippen LogP contribution in [0.1, 0.15) is 59.3 Å². The molecular formula is C16H22N4S. The molecule has 1 fully saturated rings. The molecule has 5 heteroatoms. The van der Waals surface area contributed by atoms with E-state index < -0.39 is 0 Å². The van der Waals surface area contributed by atoms with Crippen LogP contribution >= 0.6 is 11.3 Å². The largest absolute Gasteiger partial charge is 0.364 e. The molecule has 4 rings (SSSR count). The molecule has 2 aliphatic rings. The average molecular weight is 302 g/mol. The first-order chi connectivity index (χ1) is 10.3. The number of nitrogens with one attached hydrogen (secondary N) is 1. The maximum Gasteiger partial charge on any atom is 0.124 e. The monoisotopic (exact) mass is 302 g/mol. The lowest BCUT2D eigenvalue weighted by molar-refractivity contribution is 0.408. The minimum atomic E-state index is 0.693. The van der Waals surface area contributed by atoms with Crippen LogP contribution in [0.25, 0.3) is 0 Å². The quantitative estimate of drug-likeness (QED) is 0.937. The second-order valence-electron chi connectivity index (χ2n) is 6.24. The number of rotatable bonds is 4. The normalized spacial score (nSPS) is 18.3. The number of thiazole rings is 1. The predicted molar refractivity (Wildman–Crippen MR) is 85.9 cm³/mol. The molecule has 2 aliphatic carbocycles. The molecule has 21 heavy (non-hydrogen) atoms. The van der Waals surface area contributed by atoms with Crippen LogP contribution in [-0.2, 0) is 26.4 Å². The standard InChI is InChI=1S/C16H22N4S/c1-20-15(9-13(19-20)11-5-4-6-11)17-10-16-18-12-7-2-3-8-14(12)21-16/h9,11,17H,2-8,10H2,1H3. The fraction of sp³-hybridized carbons (Fsp3) is 0.625. The van der Waals surface area contributed by atoms with E-state index in [4.69, 9.17) is 4.98 Å². The minimum absolute atomic E-state index is 0.693. The van der Waals surface area contributed by atoms with Crippen LogP contribution in [0.15, 0.2) is 6.07 Å². The molecule has 1 N–H and O–H groups in total. The highest BCUT2D eigenvalue weighted by atomic mass is 32.1. The van der Waals surface area contributed by atoms with Crippen molar-refractivity contribution in [3.8, 4) is 0 Å². The van der Waals surface area contributed by atoms with Gasteiger partial charge in [-0.15, -0.1) is 11.3 Å². The van der Waals surface area contributed by atoms with Crippen molar-refractivity contribution >= 4 is 17.2 Å². The maximum absolute atomic E-state index is 4.79. The predicted octanol–water partition coefficient (Wildman–Crippen LogP) is 3.64. The Balaban J connectivity index is 1.44. The number of hydrogen-bond donors (Lipinski definition) is 1. The Bertz CT molecular complexity index is 615. The molecule has 112 valence electrons. The summed E-state index contributed by atoms with van der Waals surface area (Å²) in [5, 5.41) is 9.37. The summed E-state index contributed by atoms with van der Waals surface area (Å²) in [4.78, 5) is 6.30. The summed E-state index contributed by atoms with van der Waals surface area (Å²) in [6.45, 7) is 0.821. The molecule has 2 aromatic rings. The van der Waals surface area contributed by atoms with E-state index in [0.717, 1.165) is 12.4 Å². The molecule has 0 bridgehead atoms. The van der Waals surface area contributed by atoms with E-state index in [2.05, 4.69) is 16.5 Å². The van der Waals surface area contributed by atoms with Crippen LogP contribution in [0.5, 0.6) is 0 Å². The van der Waals surface area contributed by atoms with Crippen LogP contribution in [0.4, 0.5) is 5.82 Å². The lowest BCUT2D eigenvalue weighted by atomic mass is 9.83. The van der Waals surface area contributed by atoms with Crippen molar-refractivity contribution in [2.75, 3.05) is 5.32 Å². The molecule has 0 spiro atoms. The van der Waals surface area contributed by atoms with Crippen molar-refractivity contribution in [1.29, 1.82) is 0 Å². The molecule has 0 aliphatic heterocycles. The van der Waals surface area contributed by atoms with E-state index in [9.17, 15) is 0 Å². The SMILES string of the molecule is Cn1nc(C2CCC2)cc1NCc1nc2c(s1)CCCC2. The van der Waals surface area contributed by atoms with Crippen LogP contribution < -0.4 is 5.32 Å². The van der Waals surface area contributed by atoms with Crippen LogP contribution in [0, 0.1) is 0 Å². The van der Waals surface area contributed by atoms with Gasteiger partial charge >= 0.3 is 0 Å². The van der Waals surface area contributed by atoms with Crippen molar-refractivity contribution in [2.24, 2.45) is 7.05 Å². The van der Waals surface area contributed by atoms with E-state index >= 15 is 0 Å². The zero-order valence-electron chi connectivity index (χ0n) is 12.6. The van der Waals surface area contributed by atoms with E-state index in [0.29, 0.717) is 5.92 Å². The van der Waals surface area contributed by atoms with Gasteiger partial charge in [0.15, 0.2) is 0 Å². The highest BCUT2D eigenvalue weighted by molar-refractivity contribution is 7.11. The Morgan fingerprint density at radius 2 is 2.14 bits per heavy atom. The molecule has 4 nitrogen and oxygen atoms in total. The third kappa shape index (κ3) is 2.59. The van der Waals surface area contributed by atoms with Crippen LogP contribution in [0.2, 0.25) is 0 Å². The van der Waals surface area contributed by atoms with E-state index in [-0.39, 0.29) is 0 Å². The topological polar surface area (TPSA) is 42.7 Å². The fourth-order valence-electron chi connectivity index (χ4n) is 3.21. The molecule has 0 radical (unpaired) electrons. The lowest BCUT2D eigenvalue weighted by Crippen LogP contribution is -2.09. The van der Waals surface area contributed by atoms with Crippen molar-refractivity contribution in [2.45, 2.75) is 57.4 Å². The van der Waals surface area contributed by atoms with Gasteiger partial charge in [-0.1, -0.05) is 6.42 Å². The Hall–Kier alpha value is -1.36. The molecular weight excluding hydrogens is 280 g/mol. The Morgan fingerprint density at radius 1 is 1.29 bits per heavy atom. The molecule has 0 unspecified atom stereocenters. The van der Waals surface area contributed by atoms with Gasteiger partial charge in [0.1, 0.15) is 10.8 Å². The van der Waals surface area contributed by atoms with Gasteiger partial charge in [0.05, 0.1) is 17.9 Å². The van der Waals surface area contributed by atoms with E-state index in [1.54, 1.807) is 0 Å². The zero-order chi connectivity index (χ0) is 14.2. The molecule has 2 aromatic heterocycles. The van der Waals surface area contributed by atoms with Crippen molar-refractivity contribution in [3.05, 3.63) is 27.3 Å². The number of aromatic nitrogens is 3. The molecule has 0 saturated heterocycles. The number of nitrogens with zero attached hydrogens (tertiary/aromatic N) is 3. The number of hydrogen-bond acceptors (Lipinski definition) is 4. The van der Waals surface area contributed by atoms with E-state index in [1.165, 1.54) is 66.2 Å². The smallest absolute Gasteiger partial charge is 0.124 e. The second-order valence-corrected chi connectivity index (χ2v) is 7.41. The highest BCUT2D eigenvalue weighted by Gasteiger charge is 2.23. The molecule has 0 aromatic carbocycles. The third-order valence-electron chi connectivity index (χ3n) is 4.73. The molecule has 2 heterocycles. The first kappa shape index (κ1) is 13.3. The van der Waals surface area contributed by atoms with Crippen molar-refractivity contribution in [3.63, 3.8) is 0 Å². The van der Waals surface area contributed by atoms with Gasteiger partial charge in [-0.3, -0.25) is 4.68 Å². The Morgan fingerprint density at radius 3 is 2.90 bits per heavy atom. The summed E-state index contributed by atoms with van der Waals surface area (Å²) in [7, 11) is 2.03. The Kier molecular flexibility index (Phi) is 3.45. The molecule has 1 saturated carbocycles. The zero-order valence-corrected chi connectivity index (χ0v) is 13.4. The second kappa shape index (κ2) is 5.44. The van der Waals surface area contributed by atoms with Gasteiger partial charge < -0.3 is 5.32 Å². The summed E-state index contributed by atoms with van der Waals surface area (Å²) >= 11 is 1.89. The molecule has 0 amide bonds.